The lowest BCUT2D eigenvalue weighted by Gasteiger charge is -2.28. The van der Waals surface area contributed by atoms with Crippen molar-refractivity contribution >= 4 is 23.1 Å². The molecule has 0 atom stereocenters. The summed E-state index contributed by atoms with van der Waals surface area (Å²) in [7, 11) is 1.79. The van der Waals surface area contributed by atoms with E-state index < -0.39 is 0 Å². The Morgan fingerprint density at radius 2 is 2.50 bits per heavy atom. The lowest BCUT2D eigenvalue weighted by atomic mass is 10.2. The Balaban J connectivity index is 2.08. The standard InChI is InChI=1S/C8H13N5S/c1-9-8(14)12-7-2-3-11-13(7)6-4-10-5-6/h2-3,6,10H,4-5H2,1H3,(H2,9,12,14). The summed E-state index contributed by atoms with van der Waals surface area (Å²) in [5.74, 6) is 0.941. The van der Waals surface area contributed by atoms with Crippen LogP contribution in [0.5, 0.6) is 0 Å². The van der Waals surface area contributed by atoms with Gasteiger partial charge in [-0.1, -0.05) is 0 Å². The van der Waals surface area contributed by atoms with Crippen LogP contribution in [0.2, 0.25) is 0 Å². The highest BCUT2D eigenvalue weighted by atomic mass is 32.1. The second kappa shape index (κ2) is 3.93. The van der Waals surface area contributed by atoms with Crippen LogP contribution < -0.4 is 16.0 Å². The molecule has 1 fully saturated rings. The predicted octanol–water partition coefficient (Wildman–Crippen LogP) is -0.0564. The van der Waals surface area contributed by atoms with E-state index in [-0.39, 0.29) is 0 Å². The molecule has 0 spiro atoms. The fourth-order valence-electron chi connectivity index (χ4n) is 1.33. The van der Waals surface area contributed by atoms with E-state index in [0.29, 0.717) is 11.2 Å². The lowest BCUT2D eigenvalue weighted by Crippen LogP contribution is -2.44. The molecular formula is C8H13N5S. The normalized spacial score (nSPS) is 16.1. The van der Waals surface area contributed by atoms with Crippen LogP contribution in [0.3, 0.4) is 0 Å². The minimum atomic E-state index is 0.451. The summed E-state index contributed by atoms with van der Waals surface area (Å²) >= 11 is 5.02. The molecule has 0 amide bonds. The Hall–Kier alpha value is -1.14. The molecule has 0 radical (unpaired) electrons. The maximum atomic E-state index is 5.02. The van der Waals surface area contributed by atoms with Gasteiger partial charge in [0.05, 0.1) is 12.2 Å². The van der Waals surface area contributed by atoms with Crippen molar-refractivity contribution in [2.24, 2.45) is 0 Å². The summed E-state index contributed by atoms with van der Waals surface area (Å²) in [6, 6.07) is 2.37. The van der Waals surface area contributed by atoms with Crippen molar-refractivity contribution in [3.63, 3.8) is 0 Å². The average Bonchev–Trinajstić information content (AvgIpc) is 2.50. The van der Waals surface area contributed by atoms with E-state index in [1.165, 1.54) is 0 Å². The molecule has 0 aromatic carbocycles. The lowest BCUT2D eigenvalue weighted by molar-refractivity contribution is 0.322. The molecule has 1 aliphatic heterocycles. The molecule has 6 heteroatoms. The SMILES string of the molecule is CNC(=S)Nc1ccnn1C1CNC1. The van der Waals surface area contributed by atoms with E-state index in [9.17, 15) is 0 Å². The van der Waals surface area contributed by atoms with Crippen LogP contribution in [-0.4, -0.2) is 35.0 Å². The number of nitrogens with one attached hydrogen (secondary N) is 3. The van der Waals surface area contributed by atoms with Crippen LogP contribution >= 0.6 is 12.2 Å². The summed E-state index contributed by atoms with van der Waals surface area (Å²) in [5, 5.41) is 14.0. The van der Waals surface area contributed by atoms with Gasteiger partial charge in [-0.25, -0.2) is 4.68 Å². The molecular weight excluding hydrogens is 198 g/mol. The predicted molar refractivity (Wildman–Crippen MR) is 59.4 cm³/mol. The number of thiocarbonyl (C=S) groups is 1. The molecule has 1 aromatic heterocycles. The van der Waals surface area contributed by atoms with Crippen molar-refractivity contribution in [3.05, 3.63) is 12.3 Å². The maximum absolute atomic E-state index is 5.02. The molecule has 0 bridgehead atoms. The second-order valence-electron chi connectivity index (χ2n) is 3.18. The van der Waals surface area contributed by atoms with E-state index in [1.54, 1.807) is 13.2 Å². The molecule has 1 aromatic rings. The number of aromatic nitrogens is 2. The van der Waals surface area contributed by atoms with Crippen molar-refractivity contribution in [1.29, 1.82) is 0 Å². The Bertz CT molecular complexity index is 330. The third kappa shape index (κ3) is 1.71. The zero-order valence-electron chi connectivity index (χ0n) is 7.95. The van der Waals surface area contributed by atoms with Crippen LogP contribution in [0.1, 0.15) is 6.04 Å². The topological polar surface area (TPSA) is 53.9 Å². The highest BCUT2D eigenvalue weighted by Gasteiger charge is 2.21. The van der Waals surface area contributed by atoms with Gasteiger partial charge in [-0.2, -0.15) is 5.10 Å². The van der Waals surface area contributed by atoms with Crippen molar-refractivity contribution in [2.75, 3.05) is 25.5 Å². The molecule has 0 unspecified atom stereocenters. The molecule has 1 aliphatic rings. The van der Waals surface area contributed by atoms with E-state index in [2.05, 4.69) is 21.0 Å². The van der Waals surface area contributed by atoms with Crippen LogP contribution in [0.25, 0.3) is 0 Å². The fraction of sp³-hybridized carbons (Fsp3) is 0.500. The first-order chi connectivity index (χ1) is 6.81. The van der Waals surface area contributed by atoms with E-state index >= 15 is 0 Å². The molecule has 2 rings (SSSR count). The Kier molecular flexibility index (Phi) is 2.64. The second-order valence-corrected chi connectivity index (χ2v) is 3.59. The molecule has 14 heavy (non-hydrogen) atoms. The third-order valence-electron chi connectivity index (χ3n) is 2.24. The summed E-state index contributed by atoms with van der Waals surface area (Å²) in [6.07, 6.45) is 1.78. The van der Waals surface area contributed by atoms with Gasteiger partial charge in [-0.3, -0.25) is 0 Å². The summed E-state index contributed by atoms with van der Waals surface area (Å²) in [5.41, 5.74) is 0. The quantitative estimate of drug-likeness (QED) is 0.599. The van der Waals surface area contributed by atoms with Gasteiger partial charge in [-0.15, -0.1) is 0 Å². The highest BCUT2D eigenvalue weighted by Crippen LogP contribution is 2.16. The van der Waals surface area contributed by atoms with Gasteiger partial charge in [0, 0.05) is 26.2 Å². The van der Waals surface area contributed by atoms with Crippen molar-refractivity contribution < 1.29 is 0 Å². The minimum Gasteiger partial charge on any atom is -0.365 e. The van der Waals surface area contributed by atoms with Gasteiger partial charge in [0.1, 0.15) is 5.82 Å². The van der Waals surface area contributed by atoms with Gasteiger partial charge < -0.3 is 16.0 Å². The number of anilines is 1. The van der Waals surface area contributed by atoms with Crippen LogP contribution in [0.15, 0.2) is 12.3 Å². The summed E-state index contributed by atoms with van der Waals surface area (Å²) < 4.78 is 1.96. The third-order valence-corrected chi connectivity index (χ3v) is 2.55. The van der Waals surface area contributed by atoms with Crippen LogP contribution in [0.4, 0.5) is 5.82 Å². The fourth-order valence-corrected chi connectivity index (χ4v) is 1.43. The highest BCUT2D eigenvalue weighted by molar-refractivity contribution is 7.80. The first-order valence-electron chi connectivity index (χ1n) is 4.54. The molecule has 1 saturated heterocycles. The largest absolute Gasteiger partial charge is 0.365 e. The summed E-state index contributed by atoms with van der Waals surface area (Å²) in [4.78, 5) is 0. The Morgan fingerprint density at radius 1 is 1.71 bits per heavy atom. The number of nitrogens with zero attached hydrogens (tertiary/aromatic N) is 2. The molecule has 76 valence electrons. The van der Waals surface area contributed by atoms with E-state index in [0.717, 1.165) is 18.9 Å². The molecule has 0 saturated carbocycles. The minimum absolute atomic E-state index is 0.451. The van der Waals surface area contributed by atoms with Crippen LogP contribution in [-0.2, 0) is 0 Å². The molecule has 0 aliphatic carbocycles. The zero-order chi connectivity index (χ0) is 9.97. The molecule has 3 N–H and O–H groups in total. The summed E-state index contributed by atoms with van der Waals surface area (Å²) in [6.45, 7) is 1.95. The van der Waals surface area contributed by atoms with E-state index in [1.807, 2.05) is 10.7 Å². The number of hydrogen-bond acceptors (Lipinski definition) is 3. The van der Waals surface area contributed by atoms with Crippen molar-refractivity contribution in [3.8, 4) is 0 Å². The van der Waals surface area contributed by atoms with Gasteiger partial charge in [0.2, 0.25) is 0 Å². The first kappa shape index (κ1) is 9.42. The smallest absolute Gasteiger partial charge is 0.171 e. The molecule has 2 heterocycles. The Morgan fingerprint density at radius 3 is 3.07 bits per heavy atom. The van der Waals surface area contributed by atoms with Gasteiger partial charge in [0.25, 0.3) is 0 Å². The Labute approximate surface area is 87.9 Å². The number of hydrogen-bond donors (Lipinski definition) is 3. The maximum Gasteiger partial charge on any atom is 0.171 e. The first-order valence-corrected chi connectivity index (χ1v) is 4.95. The van der Waals surface area contributed by atoms with Crippen LogP contribution in [0, 0.1) is 0 Å². The zero-order valence-corrected chi connectivity index (χ0v) is 8.77. The van der Waals surface area contributed by atoms with Gasteiger partial charge >= 0.3 is 0 Å². The van der Waals surface area contributed by atoms with Gasteiger partial charge in [-0.05, 0) is 12.2 Å². The van der Waals surface area contributed by atoms with Gasteiger partial charge in [0.15, 0.2) is 5.11 Å². The number of rotatable bonds is 2. The molecule has 5 nitrogen and oxygen atoms in total. The van der Waals surface area contributed by atoms with Crippen molar-refractivity contribution in [1.82, 2.24) is 20.4 Å². The average molecular weight is 211 g/mol. The monoisotopic (exact) mass is 211 g/mol. The van der Waals surface area contributed by atoms with E-state index in [4.69, 9.17) is 12.2 Å². The van der Waals surface area contributed by atoms with Crippen molar-refractivity contribution in [2.45, 2.75) is 6.04 Å².